The zero-order chi connectivity index (χ0) is 30.2. The zero-order valence-corrected chi connectivity index (χ0v) is 23.5. The van der Waals surface area contributed by atoms with Crippen LogP contribution in [-0.2, 0) is 11.2 Å². The number of halogens is 1. The number of nitrogens with one attached hydrogen (secondary N) is 1. The highest BCUT2D eigenvalue weighted by molar-refractivity contribution is 5.92. The van der Waals surface area contributed by atoms with E-state index in [1.165, 1.54) is 22.9 Å². The van der Waals surface area contributed by atoms with Gasteiger partial charge in [-0.15, -0.1) is 6.58 Å². The quantitative estimate of drug-likeness (QED) is 0.149. The number of rotatable bonds is 11. The largest absolute Gasteiger partial charge is 0.490 e. The van der Waals surface area contributed by atoms with E-state index in [2.05, 4.69) is 17.0 Å². The molecule has 0 radical (unpaired) electrons. The van der Waals surface area contributed by atoms with Crippen LogP contribution in [-0.4, -0.2) is 35.0 Å². The van der Waals surface area contributed by atoms with E-state index in [9.17, 15) is 14.0 Å². The van der Waals surface area contributed by atoms with Crippen molar-refractivity contribution in [1.29, 1.82) is 0 Å². The molecule has 1 heterocycles. The van der Waals surface area contributed by atoms with Gasteiger partial charge in [0, 0.05) is 16.8 Å². The number of aromatic nitrogens is 2. The fraction of sp³-hybridized carbons (Fsp3) is 0.118. The normalized spacial score (nSPS) is 11.0. The maximum Gasteiger partial charge on any atom is 0.282 e. The number of ether oxygens (including phenoxy) is 2. The molecule has 1 aromatic heterocycles. The highest BCUT2D eigenvalue weighted by atomic mass is 19.1. The summed E-state index contributed by atoms with van der Waals surface area (Å²) < 4.78 is 26.6. The third kappa shape index (κ3) is 6.84. The van der Waals surface area contributed by atoms with Crippen LogP contribution in [0.25, 0.3) is 22.3 Å². The highest BCUT2D eigenvalue weighted by Crippen LogP contribution is 2.34. The molecule has 5 aromatic rings. The van der Waals surface area contributed by atoms with Crippen molar-refractivity contribution in [2.45, 2.75) is 13.3 Å². The van der Waals surface area contributed by atoms with E-state index in [1.807, 2.05) is 49.4 Å². The Balaban J connectivity index is 1.49. The molecule has 0 unspecified atom stereocenters. The summed E-state index contributed by atoms with van der Waals surface area (Å²) in [6.07, 6.45) is 3.67. The van der Waals surface area contributed by atoms with Crippen molar-refractivity contribution in [3.8, 4) is 22.9 Å². The molecule has 43 heavy (non-hydrogen) atoms. The Morgan fingerprint density at radius 1 is 1.02 bits per heavy atom. The fourth-order valence-corrected chi connectivity index (χ4v) is 4.52. The first-order valence-electron chi connectivity index (χ1n) is 13.7. The second-order valence-electron chi connectivity index (χ2n) is 9.46. The number of carbonyl (C=O) groups excluding carboxylic acids is 1. The first kappa shape index (κ1) is 28.9. The van der Waals surface area contributed by atoms with E-state index in [4.69, 9.17) is 14.5 Å². The lowest BCUT2D eigenvalue weighted by Crippen LogP contribution is -2.21. The van der Waals surface area contributed by atoms with Crippen LogP contribution < -0.4 is 20.3 Å². The molecule has 0 aliphatic rings. The number of anilines is 1. The molecule has 0 fully saturated rings. The second kappa shape index (κ2) is 13.4. The van der Waals surface area contributed by atoms with Crippen molar-refractivity contribution >= 4 is 28.7 Å². The summed E-state index contributed by atoms with van der Waals surface area (Å²) in [6, 6.07) is 25.7. The minimum Gasteiger partial charge on any atom is -0.490 e. The summed E-state index contributed by atoms with van der Waals surface area (Å²) in [4.78, 5) is 30.8. The number of allylic oxidation sites excluding steroid dienone is 1. The van der Waals surface area contributed by atoms with Gasteiger partial charge in [-0.05, 0) is 61.4 Å². The van der Waals surface area contributed by atoms with Gasteiger partial charge < -0.3 is 14.8 Å². The number of carbonyl (C=O) groups is 1. The lowest BCUT2D eigenvalue weighted by Gasteiger charge is -2.17. The summed E-state index contributed by atoms with van der Waals surface area (Å²) in [6.45, 7) is 5.69. The van der Waals surface area contributed by atoms with Gasteiger partial charge in [-0.1, -0.05) is 54.6 Å². The van der Waals surface area contributed by atoms with Gasteiger partial charge in [-0.25, -0.2) is 9.37 Å². The molecule has 0 saturated heterocycles. The summed E-state index contributed by atoms with van der Waals surface area (Å²) in [5, 5.41) is 7.63. The highest BCUT2D eigenvalue weighted by Gasteiger charge is 2.16. The SMILES string of the molecule is C=CCc1cc(C=Nn2c(-c3ccccc3)nc3ccccc3c2=O)cc(OCC)c1OCC(=O)Nc1cccc(F)c1. The summed E-state index contributed by atoms with van der Waals surface area (Å²) in [7, 11) is 0. The van der Waals surface area contributed by atoms with E-state index in [-0.39, 0.29) is 12.2 Å². The Bertz CT molecular complexity index is 1870. The monoisotopic (exact) mass is 576 g/mol. The van der Waals surface area contributed by atoms with Crippen LogP contribution in [0.15, 0.2) is 114 Å². The minimum atomic E-state index is -0.458. The Morgan fingerprint density at radius 2 is 1.81 bits per heavy atom. The van der Waals surface area contributed by atoms with Gasteiger partial charge in [0.2, 0.25) is 0 Å². The van der Waals surface area contributed by atoms with Gasteiger partial charge in [0.05, 0.1) is 23.7 Å². The molecule has 4 aromatic carbocycles. The minimum absolute atomic E-state index is 0.304. The zero-order valence-electron chi connectivity index (χ0n) is 23.5. The van der Waals surface area contributed by atoms with Crippen molar-refractivity contribution in [1.82, 2.24) is 9.66 Å². The van der Waals surface area contributed by atoms with Crippen LogP contribution in [0.1, 0.15) is 18.1 Å². The molecule has 0 atom stereocenters. The maximum atomic E-state index is 13.5. The van der Waals surface area contributed by atoms with Gasteiger partial charge in [0.25, 0.3) is 11.5 Å². The van der Waals surface area contributed by atoms with Crippen LogP contribution in [0.3, 0.4) is 0 Å². The predicted molar refractivity (Wildman–Crippen MR) is 166 cm³/mol. The number of hydrogen-bond acceptors (Lipinski definition) is 6. The van der Waals surface area contributed by atoms with Gasteiger partial charge in [0.15, 0.2) is 23.9 Å². The maximum absolute atomic E-state index is 13.5. The summed E-state index contributed by atoms with van der Waals surface area (Å²) in [5.74, 6) is 0.262. The topological polar surface area (TPSA) is 94.8 Å². The van der Waals surface area contributed by atoms with Crippen LogP contribution in [0.2, 0.25) is 0 Å². The Morgan fingerprint density at radius 3 is 2.58 bits per heavy atom. The average molecular weight is 577 g/mol. The molecule has 0 aliphatic heterocycles. The van der Waals surface area contributed by atoms with Gasteiger partial charge in [-0.2, -0.15) is 9.78 Å². The molecular formula is C34H29FN4O4. The first-order chi connectivity index (χ1) is 21.0. The van der Waals surface area contributed by atoms with E-state index in [0.717, 1.165) is 5.56 Å². The number of amides is 1. The number of para-hydroxylation sites is 1. The molecular weight excluding hydrogens is 547 g/mol. The molecule has 216 valence electrons. The molecule has 0 aliphatic carbocycles. The molecule has 1 amide bonds. The van der Waals surface area contributed by atoms with Crippen molar-refractivity contribution < 1.29 is 18.7 Å². The van der Waals surface area contributed by atoms with Gasteiger partial charge in [0.1, 0.15) is 5.82 Å². The van der Waals surface area contributed by atoms with Crippen molar-refractivity contribution in [3.05, 3.63) is 131 Å². The molecule has 9 heteroatoms. The molecule has 8 nitrogen and oxygen atoms in total. The number of fused-ring (bicyclic) bond motifs is 1. The standard InChI is InChI=1S/C34H29FN4O4/c1-3-11-25-18-23(19-30(42-4-2)32(25)43-22-31(40)37-27-15-10-14-26(35)20-27)21-36-39-33(24-12-6-5-7-13-24)38-29-17-9-8-16-28(29)34(39)41/h3,5-10,12-21H,1,4,11,22H2,2H3,(H,37,40). The third-order valence-corrected chi connectivity index (χ3v) is 6.38. The van der Waals surface area contributed by atoms with Crippen molar-refractivity contribution in [2.75, 3.05) is 18.5 Å². The van der Waals surface area contributed by atoms with E-state index in [1.54, 1.807) is 42.6 Å². The molecule has 5 rings (SSSR count). The Labute approximate surface area is 247 Å². The van der Waals surface area contributed by atoms with Gasteiger partial charge in [-0.3, -0.25) is 9.59 Å². The smallest absolute Gasteiger partial charge is 0.282 e. The van der Waals surface area contributed by atoms with E-state index >= 15 is 0 Å². The lowest BCUT2D eigenvalue weighted by molar-refractivity contribution is -0.118. The second-order valence-corrected chi connectivity index (χ2v) is 9.46. The third-order valence-electron chi connectivity index (χ3n) is 6.38. The molecule has 0 saturated carbocycles. The Hall–Kier alpha value is -5.57. The Kier molecular flexibility index (Phi) is 9.02. The molecule has 1 N–H and O–H groups in total. The predicted octanol–water partition coefficient (Wildman–Crippen LogP) is 6.23. The fourth-order valence-electron chi connectivity index (χ4n) is 4.52. The van der Waals surface area contributed by atoms with Crippen molar-refractivity contribution in [3.63, 3.8) is 0 Å². The summed E-state index contributed by atoms with van der Waals surface area (Å²) >= 11 is 0. The van der Waals surface area contributed by atoms with Crippen LogP contribution >= 0.6 is 0 Å². The van der Waals surface area contributed by atoms with Crippen LogP contribution in [0, 0.1) is 5.82 Å². The first-order valence-corrected chi connectivity index (χ1v) is 13.7. The summed E-state index contributed by atoms with van der Waals surface area (Å²) in [5.41, 5.74) is 2.67. The molecule has 0 spiro atoms. The van der Waals surface area contributed by atoms with Crippen molar-refractivity contribution in [2.24, 2.45) is 5.10 Å². The van der Waals surface area contributed by atoms with E-state index < -0.39 is 11.7 Å². The van der Waals surface area contributed by atoms with Crippen LogP contribution in [0.4, 0.5) is 10.1 Å². The number of hydrogen-bond donors (Lipinski definition) is 1. The van der Waals surface area contributed by atoms with E-state index in [0.29, 0.717) is 58.1 Å². The van der Waals surface area contributed by atoms with Gasteiger partial charge >= 0.3 is 0 Å². The number of nitrogens with zero attached hydrogens (tertiary/aromatic N) is 3. The number of benzene rings is 4. The average Bonchev–Trinajstić information content (AvgIpc) is 3.01. The molecule has 0 bridgehead atoms. The van der Waals surface area contributed by atoms with Crippen LogP contribution in [0.5, 0.6) is 11.5 Å². The lowest BCUT2D eigenvalue weighted by atomic mass is 10.1.